The molecule has 1 nitrogen and oxygen atoms in total. The molecule has 0 aliphatic carbocycles. The number of hydrogen-bond donors (Lipinski definition) is 0. The molecule has 0 saturated carbocycles. The van der Waals surface area contributed by atoms with Gasteiger partial charge in [-0.2, -0.15) is 0 Å². The second-order valence-electron chi connectivity index (χ2n) is 2.57. The van der Waals surface area contributed by atoms with Crippen LogP contribution in [0.4, 0.5) is 13.2 Å². The minimum absolute atomic E-state index is 0.342. The van der Waals surface area contributed by atoms with Crippen LogP contribution >= 0.6 is 23.2 Å². The first-order valence-electron chi connectivity index (χ1n) is 3.74. The van der Waals surface area contributed by atoms with Crippen molar-refractivity contribution in [2.75, 3.05) is 0 Å². The highest BCUT2D eigenvalue weighted by molar-refractivity contribution is 6.34. The molecule has 0 saturated heterocycles. The quantitative estimate of drug-likeness (QED) is 0.708. The molecule has 0 atom stereocenters. The van der Waals surface area contributed by atoms with Crippen LogP contribution in [0.2, 0.25) is 10.0 Å². The molecule has 0 spiro atoms. The van der Waals surface area contributed by atoms with E-state index in [2.05, 4.69) is 4.74 Å². The van der Waals surface area contributed by atoms with Crippen molar-refractivity contribution in [1.82, 2.24) is 0 Å². The Morgan fingerprint density at radius 2 is 1.60 bits per heavy atom. The van der Waals surface area contributed by atoms with Crippen molar-refractivity contribution in [2.24, 2.45) is 0 Å². The number of hydrogen-bond acceptors (Lipinski definition) is 1. The van der Waals surface area contributed by atoms with Crippen molar-refractivity contribution in [3.63, 3.8) is 0 Å². The molecule has 0 N–H and O–H groups in total. The average molecular weight is 257 g/mol. The predicted molar refractivity (Wildman–Crippen MR) is 52.6 cm³/mol. The maximum atomic E-state index is 11.6. The van der Waals surface area contributed by atoms with Crippen LogP contribution in [0.15, 0.2) is 24.5 Å². The van der Waals surface area contributed by atoms with Gasteiger partial charge in [0.05, 0.1) is 6.26 Å². The zero-order valence-corrected chi connectivity index (χ0v) is 8.70. The van der Waals surface area contributed by atoms with E-state index in [-0.39, 0.29) is 0 Å². The first kappa shape index (κ1) is 12.2. The van der Waals surface area contributed by atoms with Crippen LogP contribution in [0.1, 0.15) is 5.56 Å². The molecule has 1 aromatic carbocycles. The molecular formula is C9H5Cl2F3O. The molecule has 6 heteroatoms. The van der Waals surface area contributed by atoms with Crippen molar-refractivity contribution in [1.29, 1.82) is 0 Å². The van der Waals surface area contributed by atoms with Crippen molar-refractivity contribution < 1.29 is 17.9 Å². The number of ether oxygens (including phenoxy) is 1. The minimum Gasteiger partial charge on any atom is -0.414 e. The van der Waals surface area contributed by atoms with Gasteiger partial charge in [0.1, 0.15) is 0 Å². The first-order chi connectivity index (χ1) is 6.87. The maximum Gasteiger partial charge on any atom is 0.572 e. The van der Waals surface area contributed by atoms with Gasteiger partial charge in [-0.1, -0.05) is 23.2 Å². The fourth-order valence-corrected chi connectivity index (χ4v) is 1.40. The second kappa shape index (κ2) is 4.77. The third-order valence-corrected chi connectivity index (χ3v) is 1.78. The Morgan fingerprint density at radius 1 is 1.07 bits per heavy atom. The lowest BCUT2D eigenvalue weighted by Crippen LogP contribution is -2.08. The lowest BCUT2D eigenvalue weighted by Gasteiger charge is -2.03. The fraction of sp³-hybridized carbons (Fsp3) is 0.111. The van der Waals surface area contributed by atoms with E-state index in [1.54, 1.807) is 0 Å². The van der Waals surface area contributed by atoms with Gasteiger partial charge in [-0.15, -0.1) is 13.2 Å². The summed E-state index contributed by atoms with van der Waals surface area (Å²) in [4.78, 5) is 0. The van der Waals surface area contributed by atoms with E-state index in [0.717, 1.165) is 6.08 Å². The normalized spacial score (nSPS) is 12.1. The predicted octanol–water partition coefficient (Wildman–Crippen LogP) is 4.50. The van der Waals surface area contributed by atoms with Crippen molar-refractivity contribution in [3.8, 4) is 0 Å². The third-order valence-electron chi connectivity index (χ3n) is 1.35. The Kier molecular flexibility index (Phi) is 3.88. The Bertz CT molecular complexity index is 354. The van der Waals surface area contributed by atoms with Gasteiger partial charge in [0, 0.05) is 10.0 Å². The summed E-state index contributed by atoms with van der Waals surface area (Å²) in [7, 11) is 0. The van der Waals surface area contributed by atoms with Crippen LogP contribution in [0.3, 0.4) is 0 Å². The molecule has 0 amide bonds. The van der Waals surface area contributed by atoms with E-state index in [1.807, 2.05) is 0 Å². The minimum atomic E-state index is -4.68. The number of alkyl halides is 3. The summed E-state index contributed by atoms with van der Waals surface area (Å²) in [5, 5.41) is 0.684. The van der Waals surface area contributed by atoms with Crippen LogP contribution in [0.5, 0.6) is 0 Å². The van der Waals surface area contributed by atoms with Gasteiger partial charge in [0.25, 0.3) is 0 Å². The Labute approximate surface area is 94.1 Å². The van der Waals surface area contributed by atoms with E-state index >= 15 is 0 Å². The van der Waals surface area contributed by atoms with Gasteiger partial charge >= 0.3 is 6.36 Å². The molecule has 0 aliphatic rings. The van der Waals surface area contributed by atoms with Crippen LogP contribution < -0.4 is 0 Å². The molecule has 1 rings (SSSR count). The van der Waals surface area contributed by atoms with Gasteiger partial charge in [0.2, 0.25) is 0 Å². The van der Waals surface area contributed by atoms with E-state index < -0.39 is 6.36 Å². The van der Waals surface area contributed by atoms with Gasteiger partial charge in [0.15, 0.2) is 0 Å². The molecular weight excluding hydrogens is 252 g/mol. The standard InChI is InChI=1S/C9H5Cl2F3O/c10-7-3-6(4-8(11)5-7)1-2-15-9(12,13)14/h1-5H. The molecule has 82 valence electrons. The van der Waals surface area contributed by atoms with E-state index in [4.69, 9.17) is 23.2 Å². The van der Waals surface area contributed by atoms with Crippen molar-refractivity contribution in [2.45, 2.75) is 6.36 Å². The second-order valence-corrected chi connectivity index (χ2v) is 3.44. The highest BCUT2D eigenvalue weighted by Gasteiger charge is 2.28. The molecule has 0 fully saturated rings. The molecule has 15 heavy (non-hydrogen) atoms. The van der Waals surface area contributed by atoms with Gasteiger partial charge < -0.3 is 4.74 Å². The highest BCUT2D eigenvalue weighted by Crippen LogP contribution is 2.21. The molecule has 0 aromatic heterocycles. The summed E-state index contributed by atoms with van der Waals surface area (Å²) < 4.78 is 38.2. The summed E-state index contributed by atoms with van der Waals surface area (Å²) in [5.74, 6) is 0. The molecule has 0 heterocycles. The summed E-state index contributed by atoms with van der Waals surface area (Å²) >= 11 is 11.3. The zero-order valence-electron chi connectivity index (χ0n) is 7.18. The topological polar surface area (TPSA) is 9.23 Å². The van der Waals surface area contributed by atoms with Crippen LogP contribution in [0.25, 0.3) is 6.08 Å². The van der Waals surface area contributed by atoms with E-state index in [0.29, 0.717) is 21.9 Å². The molecule has 1 aromatic rings. The van der Waals surface area contributed by atoms with Crippen molar-refractivity contribution in [3.05, 3.63) is 40.1 Å². The highest BCUT2D eigenvalue weighted by atomic mass is 35.5. The Morgan fingerprint density at radius 3 is 2.07 bits per heavy atom. The lowest BCUT2D eigenvalue weighted by atomic mass is 10.2. The molecule has 0 bridgehead atoms. The SMILES string of the molecule is FC(F)(F)OC=Cc1cc(Cl)cc(Cl)c1. The number of rotatable bonds is 2. The molecule has 0 radical (unpaired) electrons. The third kappa shape index (κ3) is 4.95. The van der Waals surface area contributed by atoms with E-state index in [1.165, 1.54) is 18.2 Å². The first-order valence-corrected chi connectivity index (χ1v) is 4.49. The summed E-state index contributed by atoms with van der Waals surface area (Å²) in [5.41, 5.74) is 0.428. The van der Waals surface area contributed by atoms with Gasteiger partial charge in [-0.3, -0.25) is 0 Å². The lowest BCUT2D eigenvalue weighted by molar-refractivity contribution is -0.297. The largest absolute Gasteiger partial charge is 0.572 e. The Balaban J connectivity index is 2.72. The van der Waals surface area contributed by atoms with Gasteiger partial charge in [-0.25, -0.2) is 0 Å². The maximum absolute atomic E-state index is 11.6. The monoisotopic (exact) mass is 256 g/mol. The van der Waals surface area contributed by atoms with Crippen LogP contribution in [-0.2, 0) is 4.74 Å². The fourth-order valence-electron chi connectivity index (χ4n) is 0.861. The van der Waals surface area contributed by atoms with Crippen LogP contribution in [-0.4, -0.2) is 6.36 Å². The Hall–Kier alpha value is -0.870. The van der Waals surface area contributed by atoms with E-state index in [9.17, 15) is 13.2 Å². The average Bonchev–Trinajstić information content (AvgIpc) is 1.99. The smallest absolute Gasteiger partial charge is 0.414 e. The zero-order chi connectivity index (χ0) is 11.5. The summed E-state index contributed by atoms with van der Waals surface area (Å²) in [6.07, 6.45) is -3.04. The van der Waals surface area contributed by atoms with Gasteiger partial charge in [-0.05, 0) is 29.8 Å². The number of benzene rings is 1. The van der Waals surface area contributed by atoms with Crippen molar-refractivity contribution >= 4 is 29.3 Å². The molecule has 0 unspecified atom stereocenters. The molecule has 0 aliphatic heterocycles. The number of halogens is 5. The van der Waals surface area contributed by atoms with Crippen LogP contribution in [0, 0.1) is 0 Å². The summed E-state index contributed by atoms with van der Waals surface area (Å²) in [6, 6.07) is 4.40. The summed E-state index contributed by atoms with van der Waals surface area (Å²) in [6.45, 7) is 0.